The summed E-state index contributed by atoms with van der Waals surface area (Å²) < 4.78 is 25.7. The Morgan fingerprint density at radius 1 is 0.955 bits per heavy atom. The molecule has 0 aliphatic rings. The molecule has 0 heterocycles. The van der Waals surface area contributed by atoms with E-state index in [0.29, 0.717) is 6.54 Å². The Hall–Kier alpha value is -2.43. The van der Waals surface area contributed by atoms with Gasteiger partial charge in [-0.15, -0.1) is 0 Å². The monoisotopic (exact) mass is 304 g/mol. The van der Waals surface area contributed by atoms with Crippen molar-refractivity contribution in [3.8, 4) is 0 Å². The van der Waals surface area contributed by atoms with Crippen molar-refractivity contribution < 1.29 is 13.6 Å². The molecule has 0 unspecified atom stereocenters. The van der Waals surface area contributed by atoms with E-state index in [0.717, 1.165) is 11.1 Å². The summed E-state index contributed by atoms with van der Waals surface area (Å²) in [6.07, 6.45) is 0. The molecule has 0 atom stereocenters. The van der Waals surface area contributed by atoms with Gasteiger partial charge in [-0.3, -0.25) is 0 Å². The van der Waals surface area contributed by atoms with Crippen molar-refractivity contribution in [3.05, 3.63) is 71.3 Å². The molecule has 2 aromatic carbocycles. The number of benzene rings is 2. The summed E-state index contributed by atoms with van der Waals surface area (Å²) in [5.74, 6) is -0.633. The molecule has 2 N–H and O–H groups in total. The van der Waals surface area contributed by atoms with Crippen molar-refractivity contribution in [1.82, 2.24) is 10.6 Å². The zero-order chi connectivity index (χ0) is 16.2. The summed E-state index contributed by atoms with van der Waals surface area (Å²) in [6, 6.07) is 11.5. The first-order chi connectivity index (χ1) is 10.4. The van der Waals surface area contributed by atoms with E-state index in [4.69, 9.17) is 0 Å². The smallest absolute Gasteiger partial charge is 0.315 e. The SMILES string of the molecule is CC(C)(NC(=O)NCc1ccc(F)cc1)c1ccc(F)cc1. The molecule has 3 nitrogen and oxygen atoms in total. The lowest BCUT2D eigenvalue weighted by Gasteiger charge is -2.27. The minimum absolute atomic E-state index is 0.297. The van der Waals surface area contributed by atoms with Crippen molar-refractivity contribution in [3.63, 3.8) is 0 Å². The fourth-order valence-electron chi connectivity index (χ4n) is 2.05. The lowest BCUT2D eigenvalue weighted by molar-refractivity contribution is 0.229. The number of rotatable bonds is 4. The lowest BCUT2D eigenvalue weighted by Crippen LogP contribution is -2.46. The molecule has 2 amide bonds. The van der Waals surface area contributed by atoms with Crippen molar-refractivity contribution in [1.29, 1.82) is 0 Å². The van der Waals surface area contributed by atoms with Crippen LogP contribution in [0.5, 0.6) is 0 Å². The predicted octanol–water partition coefficient (Wildman–Crippen LogP) is 3.70. The fourth-order valence-corrected chi connectivity index (χ4v) is 2.05. The standard InChI is InChI=1S/C17H18F2N2O/c1-17(2,13-5-9-15(19)10-6-13)21-16(22)20-11-12-3-7-14(18)8-4-12/h3-10H,11H2,1-2H3,(H2,20,21,22). The van der Waals surface area contributed by atoms with Crippen molar-refractivity contribution in [2.75, 3.05) is 0 Å². The molecule has 0 fully saturated rings. The van der Waals surface area contributed by atoms with Gasteiger partial charge in [-0.2, -0.15) is 0 Å². The maximum absolute atomic E-state index is 12.9. The molecule has 0 aromatic heterocycles. The summed E-state index contributed by atoms with van der Waals surface area (Å²) >= 11 is 0. The third-order valence-corrected chi connectivity index (χ3v) is 3.36. The summed E-state index contributed by atoms with van der Waals surface area (Å²) in [4.78, 5) is 12.0. The fraction of sp³-hybridized carbons (Fsp3) is 0.235. The van der Waals surface area contributed by atoms with Gasteiger partial charge in [0.2, 0.25) is 0 Å². The van der Waals surface area contributed by atoms with Crippen LogP contribution in [0.2, 0.25) is 0 Å². The minimum Gasteiger partial charge on any atom is -0.334 e. The highest BCUT2D eigenvalue weighted by Crippen LogP contribution is 2.20. The normalized spacial score (nSPS) is 11.1. The largest absolute Gasteiger partial charge is 0.334 e. The van der Waals surface area contributed by atoms with E-state index in [1.165, 1.54) is 24.3 Å². The van der Waals surface area contributed by atoms with E-state index in [9.17, 15) is 13.6 Å². The summed E-state index contributed by atoms with van der Waals surface area (Å²) in [6.45, 7) is 3.96. The van der Waals surface area contributed by atoms with Gasteiger partial charge in [0.05, 0.1) is 5.54 Å². The highest BCUT2D eigenvalue weighted by molar-refractivity contribution is 5.75. The first-order valence-electron chi connectivity index (χ1n) is 6.93. The minimum atomic E-state index is -0.638. The number of carbonyl (C=O) groups excluding carboxylic acids is 1. The van der Waals surface area contributed by atoms with Gasteiger partial charge < -0.3 is 10.6 Å². The van der Waals surface area contributed by atoms with E-state index in [-0.39, 0.29) is 17.7 Å². The topological polar surface area (TPSA) is 41.1 Å². The van der Waals surface area contributed by atoms with Crippen LogP contribution in [0.4, 0.5) is 13.6 Å². The predicted molar refractivity (Wildman–Crippen MR) is 81.2 cm³/mol. The summed E-state index contributed by atoms with van der Waals surface area (Å²) in [5.41, 5.74) is 0.961. The van der Waals surface area contributed by atoms with Gasteiger partial charge in [0.25, 0.3) is 0 Å². The highest BCUT2D eigenvalue weighted by atomic mass is 19.1. The molecule has 2 aromatic rings. The van der Waals surface area contributed by atoms with Crippen molar-refractivity contribution in [2.45, 2.75) is 25.9 Å². The van der Waals surface area contributed by atoms with Crippen LogP contribution in [0.1, 0.15) is 25.0 Å². The highest BCUT2D eigenvalue weighted by Gasteiger charge is 2.22. The van der Waals surface area contributed by atoms with Crippen LogP contribution in [-0.4, -0.2) is 6.03 Å². The molecule has 22 heavy (non-hydrogen) atoms. The second kappa shape index (κ2) is 6.56. The first-order valence-corrected chi connectivity index (χ1v) is 6.93. The average molecular weight is 304 g/mol. The molecule has 5 heteroatoms. The number of nitrogens with one attached hydrogen (secondary N) is 2. The van der Waals surface area contributed by atoms with Gasteiger partial charge in [-0.05, 0) is 49.2 Å². The van der Waals surface area contributed by atoms with Crippen molar-refractivity contribution >= 4 is 6.03 Å². The van der Waals surface area contributed by atoms with E-state index in [2.05, 4.69) is 10.6 Å². The Kier molecular flexibility index (Phi) is 4.75. The van der Waals surface area contributed by atoms with Crippen LogP contribution in [0.3, 0.4) is 0 Å². The van der Waals surface area contributed by atoms with E-state index < -0.39 is 5.54 Å². The Morgan fingerprint density at radius 3 is 2.00 bits per heavy atom. The second-order valence-corrected chi connectivity index (χ2v) is 5.57. The molecule has 0 aliphatic heterocycles. The van der Waals surface area contributed by atoms with Gasteiger partial charge in [0, 0.05) is 6.54 Å². The number of halogens is 2. The molecule has 0 aliphatic carbocycles. The number of hydrogen-bond acceptors (Lipinski definition) is 1. The van der Waals surface area contributed by atoms with Crippen LogP contribution in [-0.2, 0) is 12.1 Å². The van der Waals surface area contributed by atoms with Crippen LogP contribution in [0.25, 0.3) is 0 Å². The Morgan fingerprint density at radius 2 is 1.45 bits per heavy atom. The summed E-state index contributed by atoms with van der Waals surface area (Å²) in [5, 5.41) is 5.54. The van der Waals surface area contributed by atoms with Gasteiger partial charge in [0.15, 0.2) is 0 Å². The first kappa shape index (κ1) is 15.9. The maximum atomic E-state index is 12.9. The summed E-state index contributed by atoms with van der Waals surface area (Å²) in [7, 11) is 0. The zero-order valence-corrected chi connectivity index (χ0v) is 12.5. The van der Waals surface area contributed by atoms with E-state index in [1.54, 1.807) is 24.3 Å². The average Bonchev–Trinajstić information content (AvgIpc) is 2.46. The third-order valence-electron chi connectivity index (χ3n) is 3.36. The molecule has 0 saturated heterocycles. The van der Waals surface area contributed by atoms with Gasteiger partial charge in [-0.1, -0.05) is 24.3 Å². The molecular weight excluding hydrogens is 286 g/mol. The number of carbonyl (C=O) groups is 1. The van der Waals surface area contributed by atoms with Crippen LogP contribution in [0.15, 0.2) is 48.5 Å². The quantitative estimate of drug-likeness (QED) is 0.888. The Labute approximate surface area is 128 Å². The molecule has 0 saturated carbocycles. The lowest BCUT2D eigenvalue weighted by atomic mass is 9.94. The molecule has 2 rings (SSSR count). The van der Waals surface area contributed by atoms with Crippen LogP contribution in [0, 0.1) is 11.6 Å². The van der Waals surface area contributed by atoms with Gasteiger partial charge in [-0.25, -0.2) is 13.6 Å². The zero-order valence-electron chi connectivity index (χ0n) is 12.5. The van der Waals surface area contributed by atoms with Crippen molar-refractivity contribution in [2.24, 2.45) is 0 Å². The number of urea groups is 1. The molecular formula is C17H18F2N2O. The maximum Gasteiger partial charge on any atom is 0.315 e. The van der Waals surface area contributed by atoms with E-state index in [1.807, 2.05) is 13.8 Å². The third kappa shape index (κ3) is 4.28. The Balaban J connectivity index is 1.92. The van der Waals surface area contributed by atoms with E-state index >= 15 is 0 Å². The Bertz CT molecular complexity index is 637. The van der Waals surface area contributed by atoms with Crippen LogP contribution < -0.4 is 10.6 Å². The second-order valence-electron chi connectivity index (χ2n) is 5.57. The molecule has 0 radical (unpaired) electrons. The van der Waals surface area contributed by atoms with Gasteiger partial charge in [0.1, 0.15) is 11.6 Å². The van der Waals surface area contributed by atoms with Crippen LogP contribution >= 0.6 is 0 Å². The number of hydrogen-bond donors (Lipinski definition) is 2. The molecule has 0 spiro atoms. The molecule has 0 bridgehead atoms. The molecule has 116 valence electrons. The number of amides is 2. The van der Waals surface area contributed by atoms with Gasteiger partial charge >= 0.3 is 6.03 Å².